The third-order valence-electron chi connectivity index (χ3n) is 2.62. The van der Waals surface area contributed by atoms with Gasteiger partial charge in [-0.1, -0.05) is 6.07 Å². The van der Waals surface area contributed by atoms with Crippen LogP contribution in [0.2, 0.25) is 0 Å². The van der Waals surface area contributed by atoms with E-state index in [9.17, 15) is 9.18 Å². The highest BCUT2D eigenvalue weighted by Crippen LogP contribution is 2.25. The molecule has 0 saturated heterocycles. The van der Waals surface area contributed by atoms with E-state index in [-0.39, 0.29) is 18.8 Å². The number of carboxylic acid groups (broad SMARTS) is 1. The van der Waals surface area contributed by atoms with Crippen molar-refractivity contribution in [3.05, 3.63) is 42.0 Å². The first-order valence-electron chi connectivity index (χ1n) is 5.74. The molecule has 0 radical (unpaired) electrons. The third-order valence-corrected chi connectivity index (χ3v) is 2.62. The Balaban J connectivity index is 2.11. The van der Waals surface area contributed by atoms with Crippen LogP contribution in [0.3, 0.4) is 0 Å². The van der Waals surface area contributed by atoms with Crippen molar-refractivity contribution < 1.29 is 19.0 Å². The fourth-order valence-corrected chi connectivity index (χ4v) is 1.61. The Labute approximate surface area is 109 Å². The zero-order chi connectivity index (χ0) is 13.8. The molecule has 0 aliphatic carbocycles. The van der Waals surface area contributed by atoms with Gasteiger partial charge in [-0.05, 0) is 19.1 Å². The number of benzene rings is 1. The van der Waals surface area contributed by atoms with E-state index >= 15 is 0 Å². The van der Waals surface area contributed by atoms with Gasteiger partial charge in [0.2, 0.25) is 0 Å². The van der Waals surface area contributed by atoms with Gasteiger partial charge < -0.3 is 9.84 Å². The summed E-state index contributed by atoms with van der Waals surface area (Å²) in [6.07, 6.45) is 1.48. The monoisotopic (exact) mass is 264 g/mol. The zero-order valence-corrected chi connectivity index (χ0v) is 10.3. The van der Waals surface area contributed by atoms with E-state index in [1.807, 2.05) is 0 Å². The van der Waals surface area contributed by atoms with E-state index in [2.05, 4.69) is 5.10 Å². The second kappa shape index (κ2) is 5.51. The highest BCUT2D eigenvalue weighted by Gasteiger charge is 2.10. The van der Waals surface area contributed by atoms with Gasteiger partial charge >= 0.3 is 5.97 Å². The molecule has 0 amide bonds. The third kappa shape index (κ3) is 3.31. The largest absolute Gasteiger partial charge is 0.481 e. The predicted octanol–water partition coefficient (Wildman–Crippen LogP) is 2.60. The van der Waals surface area contributed by atoms with Crippen LogP contribution in [0.15, 0.2) is 30.5 Å². The van der Waals surface area contributed by atoms with Crippen LogP contribution < -0.4 is 4.74 Å². The van der Waals surface area contributed by atoms with Crippen molar-refractivity contribution in [3.8, 4) is 11.5 Å². The molecule has 0 saturated carbocycles. The van der Waals surface area contributed by atoms with Crippen molar-refractivity contribution >= 4 is 5.97 Å². The SMILES string of the molecule is Cc1c(Oc2cccc(F)c2)cnn1CCC(=O)O. The van der Waals surface area contributed by atoms with E-state index in [0.717, 1.165) is 0 Å². The van der Waals surface area contributed by atoms with Crippen molar-refractivity contribution in [1.82, 2.24) is 9.78 Å². The predicted molar refractivity (Wildman–Crippen MR) is 65.7 cm³/mol. The fourth-order valence-electron chi connectivity index (χ4n) is 1.61. The quantitative estimate of drug-likeness (QED) is 0.901. The summed E-state index contributed by atoms with van der Waals surface area (Å²) in [5.41, 5.74) is 0.700. The van der Waals surface area contributed by atoms with Gasteiger partial charge in [0.05, 0.1) is 24.9 Å². The van der Waals surface area contributed by atoms with E-state index in [1.54, 1.807) is 23.7 Å². The van der Waals surface area contributed by atoms with Gasteiger partial charge in [0.25, 0.3) is 0 Å². The van der Waals surface area contributed by atoms with Crippen LogP contribution in [-0.2, 0) is 11.3 Å². The lowest BCUT2D eigenvalue weighted by molar-refractivity contribution is -0.137. The maximum Gasteiger partial charge on any atom is 0.305 e. The summed E-state index contributed by atoms with van der Waals surface area (Å²) < 4.78 is 20.1. The molecule has 0 atom stereocenters. The Bertz CT molecular complexity index is 595. The van der Waals surface area contributed by atoms with Gasteiger partial charge in [0.15, 0.2) is 5.75 Å². The summed E-state index contributed by atoms with van der Waals surface area (Å²) in [6, 6.07) is 5.79. The smallest absolute Gasteiger partial charge is 0.305 e. The molecular weight excluding hydrogens is 251 g/mol. The molecule has 1 N–H and O–H groups in total. The molecule has 1 heterocycles. The molecule has 1 aromatic heterocycles. The fraction of sp³-hybridized carbons (Fsp3) is 0.231. The zero-order valence-electron chi connectivity index (χ0n) is 10.3. The molecule has 1 aromatic carbocycles. The van der Waals surface area contributed by atoms with Gasteiger partial charge in [0, 0.05) is 6.07 Å². The van der Waals surface area contributed by atoms with Crippen LogP contribution in [0, 0.1) is 12.7 Å². The van der Waals surface area contributed by atoms with E-state index < -0.39 is 5.97 Å². The number of rotatable bonds is 5. The number of ether oxygens (including phenoxy) is 1. The van der Waals surface area contributed by atoms with Crippen LogP contribution in [0.25, 0.3) is 0 Å². The maximum atomic E-state index is 13.0. The Morgan fingerprint density at radius 3 is 3.00 bits per heavy atom. The van der Waals surface area contributed by atoms with E-state index in [0.29, 0.717) is 17.2 Å². The van der Waals surface area contributed by atoms with Gasteiger partial charge in [-0.25, -0.2) is 4.39 Å². The number of nitrogens with zero attached hydrogens (tertiary/aromatic N) is 2. The van der Waals surface area contributed by atoms with Gasteiger partial charge in [0.1, 0.15) is 11.6 Å². The Hall–Kier alpha value is -2.37. The van der Waals surface area contributed by atoms with Crippen molar-refractivity contribution in [2.75, 3.05) is 0 Å². The van der Waals surface area contributed by atoms with Crippen molar-refractivity contribution in [3.63, 3.8) is 0 Å². The minimum absolute atomic E-state index is 0.0120. The van der Waals surface area contributed by atoms with E-state index in [4.69, 9.17) is 9.84 Å². The highest BCUT2D eigenvalue weighted by atomic mass is 19.1. The molecule has 0 bridgehead atoms. The number of hydrogen-bond acceptors (Lipinski definition) is 3. The van der Waals surface area contributed by atoms with Crippen LogP contribution in [-0.4, -0.2) is 20.9 Å². The minimum atomic E-state index is -0.887. The number of carboxylic acids is 1. The second-order valence-electron chi connectivity index (χ2n) is 4.02. The minimum Gasteiger partial charge on any atom is -0.481 e. The lowest BCUT2D eigenvalue weighted by Gasteiger charge is -2.06. The summed E-state index contributed by atoms with van der Waals surface area (Å²) in [6.45, 7) is 2.04. The second-order valence-corrected chi connectivity index (χ2v) is 4.02. The Morgan fingerprint density at radius 1 is 1.53 bits per heavy atom. The number of halogens is 1. The molecular formula is C13H13FN2O3. The van der Waals surface area contributed by atoms with Crippen LogP contribution in [0.5, 0.6) is 11.5 Å². The summed E-state index contributed by atoms with van der Waals surface area (Å²) in [4.78, 5) is 10.5. The number of carbonyl (C=O) groups is 1. The molecule has 2 rings (SSSR count). The molecule has 0 fully saturated rings. The van der Waals surface area contributed by atoms with Crippen LogP contribution in [0.1, 0.15) is 12.1 Å². The molecule has 0 aliphatic rings. The normalized spacial score (nSPS) is 10.4. The number of hydrogen-bond donors (Lipinski definition) is 1. The first-order chi connectivity index (χ1) is 9.06. The molecule has 19 heavy (non-hydrogen) atoms. The van der Waals surface area contributed by atoms with Crippen LogP contribution >= 0.6 is 0 Å². The van der Waals surface area contributed by atoms with Crippen molar-refractivity contribution in [2.45, 2.75) is 19.9 Å². The molecule has 0 spiro atoms. The number of aromatic nitrogens is 2. The first-order valence-corrected chi connectivity index (χ1v) is 5.74. The summed E-state index contributed by atoms with van der Waals surface area (Å²) in [5.74, 6) is -0.409. The number of aryl methyl sites for hydroxylation is 1. The molecule has 2 aromatic rings. The molecule has 0 aliphatic heterocycles. The number of aliphatic carboxylic acids is 1. The van der Waals surface area contributed by atoms with Crippen molar-refractivity contribution in [2.24, 2.45) is 0 Å². The topological polar surface area (TPSA) is 64.4 Å². The standard InChI is InChI=1S/C13H13FN2O3/c1-9-12(8-15-16(9)6-5-13(17)18)19-11-4-2-3-10(14)7-11/h2-4,7-8H,5-6H2,1H3,(H,17,18). The summed E-state index contributed by atoms with van der Waals surface area (Å²) in [5, 5.41) is 12.7. The van der Waals surface area contributed by atoms with Gasteiger partial charge in [-0.2, -0.15) is 5.10 Å². The first kappa shape index (κ1) is 13.1. The van der Waals surface area contributed by atoms with Gasteiger partial charge in [-0.3, -0.25) is 9.48 Å². The average molecular weight is 264 g/mol. The molecule has 6 heteroatoms. The lowest BCUT2D eigenvalue weighted by atomic mass is 10.3. The molecule has 100 valence electrons. The average Bonchev–Trinajstić information content (AvgIpc) is 2.68. The van der Waals surface area contributed by atoms with Crippen LogP contribution in [0.4, 0.5) is 4.39 Å². The molecule has 5 nitrogen and oxygen atoms in total. The van der Waals surface area contributed by atoms with E-state index in [1.165, 1.54) is 18.3 Å². The lowest BCUT2D eigenvalue weighted by Crippen LogP contribution is -2.07. The summed E-state index contributed by atoms with van der Waals surface area (Å²) >= 11 is 0. The Morgan fingerprint density at radius 2 is 2.32 bits per heavy atom. The molecule has 0 unspecified atom stereocenters. The maximum absolute atomic E-state index is 13.0. The van der Waals surface area contributed by atoms with Gasteiger partial charge in [-0.15, -0.1) is 0 Å². The highest BCUT2D eigenvalue weighted by molar-refractivity contribution is 5.66. The van der Waals surface area contributed by atoms with Crippen molar-refractivity contribution in [1.29, 1.82) is 0 Å². The summed E-state index contributed by atoms with van der Waals surface area (Å²) in [7, 11) is 0. The Kier molecular flexibility index (Phi) is 3.79.